The number of hydrogen-bond donors (Lipinski definition) is 0. The second kappa shape index (κ2) is 5.70. The number of ether oxygens (including phenoxy) is 4. The Morgan fingerprint density at radius 1 is 0.615 bits per heavy atom. The molecule has 2 aliphatic rings. The number of methoxy groups -OCH3 is 2. The van der Waals surface area contributed by atoms with Crippen molar-refractivity contribution < 1.29 is 18.9 Å². The highest BCUT2D eigenvalue weighted by atomic mass is 16.5. The van der Waals surface area contributed by atoms with E-state index >= 15 is 0 Å². The maximum atomic E-state index is 5.98. The van der Waals surface area contributed by atoms with Gasteiger partial charge in [0.15, 0.2) is 0 Å². The average Bonchev–Trinajstić information content (AvgIpc) is 2.71. The van der Waals surface area contributed by atoms with E-state index < -0.39 is 0 Å². The molecule has 2 aliphatic heterocycles. The molecule has 0 aromatic heterocycles. The summed E-state index contributed by atoms with van der Waals surface area (Å²) >= 11 is 0. The van der Waals surface area contributed by atoms with Crippen LogP contribution in [0.25, 0.3) is 22.3 Å². The quantitative estimate of drug-likeness (QED) is 0.666. The van der Waals surface area contributed by atoms with Crippen LogP contribution in [0, 0.1) is 0 Å². The molecule has 0 spiro atoms. The third-order valence-corrected chi connectivity index (χ3v) is 5.05. The molecule has 26 heavy (non-hydrogen) atoms. The molecule has 0 bridgehead atoms. The molecule has 0 unspecified atom stereocenters. The highest BCUT2D eigenvalue weighted by Gasteiger charge is 2.25. The molecule has 130 valence electrons. The Morgan fingerprint density at radius 2 is 1.12 bits per heavy atom. The molecule has 2 heterocycles. The van der Waals surface area contributed by atoms with Gasteiger partial charge in [-0.2, -0.15) is 0 Å². The first-order valence-electron chi connectivity index (χ1n) is 8.55. The van der Waals surface area contributed by atoms with Crippen molar-refractivity contribution in [2.45, 2.75) is 13.2 Å². The molecular formula is C22H18O4. The van der Waals surface area contributed by atoms with Crippen LogP contribution in [0.2, 0.25) is 0 Å². The molecule has 0 aliphatic carbocycles. The van der Waals surface area contributed by atoms with Gasteiger partial charge in [0.05, 0.1) is 14.2 Å². The van der Waals surface area contributed by atoms with E-state index in [9.17, 15) is 0 Å². The van der Waals surface area contributed by atoms with Crippen molar-refractivity contribution >= 4 is 0 Å². The van der Waals surface area contributed by atoms with Crippen LogP contribution in [0.4, 0.5) is 0 Å². The molecule has 0 N–H and O–H groups in total. The van der Waals surface area contributed by atoms with E-state index in [1.807, 2.05) is 30.3 Å². The highest BCUT2D eigenvalue weighted by molar-refractivity contribution is 5.86. The van der Waals surface area contributed by atoms with Gasteiger partial charge in [0.1, 0.15) is 36.2 Å². The smallest absolute Gasteiger partial charge is 0.131 e. The molecule has 5 rings (SSSR count). The standard InChI is InChI=1S/C22H18O4/c1-23-15-3-5-17-13(7-15)11-25-21-10-22-20(9-19(17)21)18-6-4-16(24-2)8-14(18)12-26-22/h3-10H,11-12H2,1-2H3. The Labute approximate surface area is 151 Å². The molecule has 4 nitrogen and oxygen atoms in total. The number of rotatable bonds is 2. The van der Waals surface area contributed by atoms with Gasteiger partial charge in [0, 0.05) is 28.3 Å². The van der Waals surface area contributed by atoms with Gasteiger partial charge in [-0.3, -0.25) is 0 Å². The Balaban J connectivity index is 1.68. The summed E-state index contributed by atoms with van der Waals surface area (Å²) in [7, 11) is 3.36. The Kier molecular flexibility index (Phi) is 3.32. The van der Waals surface area contributed by atoms with Gasteiger partial charge in [0.25, 0.3) is 0 Å². The van der Waals surface area contributed by atoms with E-state index in [2.05, 4.69) is 18.2 Å². The van der Waals surface area contributed by atoms with Gasteiger partial charge in [-0.1, -0.05) is 12.1 Å². The van der Waals surface area contributed by atoms with Crippen molar-refractivity contribution in [2.24, 2.45) is 0 Å². The van der Waals surface area contributed by atoms with Crippen LogP contribution in [-0.4, -0.2) is 14.2 Å². The fraction of sp³-hybridized carbons (Fsp3) is 0.182. The fourth-order valence-corrected chi connectivity index (χ4v) is 3.69. The summed E-state index contributed by atoms with van der Waals surface area (Å²) in [5.41, 5.74) is 6.78. The normalized spacial score (nSPS) is 13.3. The van der Waals surface area contributed by atoms with Crippen molar-refractivity contribution in [1.82, 2.24) is 0 Å². The summed E-state index contributed by atoms with van der Waals surface area (Å²) in [4.78, 5) is 0. The van der Waals surface area contributed by atoms with Gasteiger partial charge in [0.2, 0.25) is 0 Å². The molecule has 3 aromatic rings. The Bertz CT molecular complexity index is 944. The van der Waals surface area contributed by atoms with Crippen LogP contribution in [0.15, 0.2) is 48.5 Å². The van der Waals surface area contributed by atoms with E-state index in [-0.39, 0.29) is 0 Å². The van der Waals surface area contributed by atoms with E-state index in [1.165, 1.54) is 11.1 Å². The fourth-order valence-electron chi connectivity index (χ4n) is 3.69. The van der Waals surface area contributed by atoms with Gasteiger partial charge in [-0.15, -0.1) is 0 Å². The first kappa shape index (κ1) is 15.1. The Morgan fingerprint density at radius 3 is 1.58 bits per heavy atom. The summed E-state index contributed by atoms with van der Waals surface area (Å²) in [6.07, 6.45) is 0. The summed E-state index contributed by atoms with van der Waals surface area (Å²) < 4.78 is 22.6. The molecule has 0 atom stereocenters. The first-order chi connectivity index (χ1) is 12.8. The lowest BCUT2D eigenvalue weighted by atomic mass is 9.90. The number of fused-ring (bicyclic) bond motifs is 6. The molecule has 4 heteroatoms. The van der Waals surface area contributed by atoms with Crippen molar-refractivity contribution in [3.05, 3.63) is 59.7 Å². The second-order valence-electron chi connectivity index (χ2n) is 6.47. The van der Waals surface area contributed by atoms with Crippen LogP contribution < -0.4 is 18.9 Å². The molecule has 0 saturated heterocycles. The van der Waals surface area contributed by atoms with Crippen molar-refractivity contribution in [3.63, 3.8) is 0 Å². The third kappa shape index (κ3) is 2.22. The molecular weight excluding hydrogens is 328 g/mol. The van der Waals surface area contributed by atoms with Gasteiger partial charge in [-0.25, -0.2) is 0 Å². The lowest BCUT2D eigenvalue weighted by Gasteiger charge is -2.26. The van der Waals surface area contributed by atoms with Crippen molar-refractivity contribution in [1.29, 1.82) is 0 Å². The minimum Gasteiger partial charge on any atom is -0.497 e. The highest BCUT2D eigenvalue weighted by Crippen LogP contribution is 2.47. The predicted molar refractivity (Wildman–Crippen MR) is 99.1 cm³/mol. The van der Waals surface area contributed by atoms with E-state index in [0.29, 0.717) is 13.2 Å². The van der Waals surface area contributed by atoms with Crippen LogP contribution in [0.3, 0.4) is 0 Å². The Hall–Kier alpha value is -3.14. The van der Waals surface area contributed by atoms with E-state index in [0.717, 1.165) is 45.3 Å². The average molecular weight is 346 g/mol. The summed E-state index contributed by atoms with van der Waals surface area (Å²) in [6.45, 7) is 1.07. The van der Waals surface area contributed by atoms with Crippen molar-refractivity contribution in [2.75, 3.05) is 14.2 Å². The molecule has 0 saturated carbocycles. The minimum absolute atomic E-state index is 0.534. The van der Waals surface area contributed by atoms with E-state index in [4.69, 9.17) is 18.9 Å². The monoisotopic (exact) mass is 346 g/mol. The molecule has 0 radical (unpaired) electrons. The maximum Gasteiger partial charge on any atom is 0.131 e. The zero-order valence-corrected chi connectivity index (χ0v) is 14.7. The van der Waals surface area contributed by atoms with Gasteiger partial charge < -0.3 is 18.9 Å². The second-order valence-corrected chi connectivity index (χ2v) is 6.47. The van der Waals surface area contributed by atoms with Crippen LogP contribution in [0.5, 0.6) is 23.0 Å². The van der Waals surface area contributed by atoms with Gasteiger partial charge >= 0.3 is 0 Å². The lowest BCUT2D eigenvalue weighted by molar-refractivity contribution is 0.285. The predicted octanol–water partition coefficient (Wildman–Crippen LogP) is 4.82. The largest absolute Gasteiger partial charge is 0.497 e. The van der Waals surface area contributed by atoms with Crippen molar-refractivity contribution in [3.8, 4) is 45.3 Å². The van der Waals surface area contributed by atoms with Gasteiger partial charge in [-0.05, 0) is 41.5 Å². The minimum atomic E-state index is 0.534. The summed E-state index contributed by atoms with van der Waals surface area (Å²) in [5.74, 6) is 3.40. The van der Waals surface area contributed by atoms with Crippen LogP contribution >= 0.6 is 0 Å². The summed E-state index contributed by atoms with van der Waals surface area (Å²) in [6, 6.07) is 16.4. The topological polar surface area (TPSA) is 36.9 Å². The summed E-state index contributed by atoms with van der Waals surface area (Å²) in [5, 5.41) is 0. The molecule has 0 fully saturated rings. The molecule has 0 amide bonds. The lowest BCUT2D eigenvalue weighted by Crippen LogP contribution is -2.10. The van der Waals surface area contributed by atoms with E-state index in [1.54, 1.807) is 14.2 Å². The first-order valence-corrected chi connectivity index (χ1v) is 8.55. The SMILES string of the molecule is COc1ccc2c(c1)COc1cc3c(cc1-2)-c1ccc(OC)cc1CO3. The van der Waals surface area contributed by atoms with Crippen LogP contribution in [-0.2, 0) is 13.2 Å². The zero-order valence-electron chi connectivity index (χ0n) is 14.7. The maximum absolute atomic E-state index is 5.98. The third-order valence-electron chi connectivity index (χ3n) is 5.05. The zero-order chi connectivity index (χ0) is 17.7. The molecule has 3 aromatic carbocycles. The van der Waals surface area contributed by atoms with Crippen LogP contribution in [0.1, 0.15) is 11.1 Å². The number of benzene rings is 3. The number of hydrogen-bond acceptors (Lipinski definition) is 4.